The van der Waals surface area contributed by atoms with Gasteiger partial charge in [-0.3, -0.25) is 0 Å². The topological polar surface area (TPSA) is 44.5 Å². The smallest absolute Gasteiger partial charge is 0.405 e. The van der Waals surface area contributed by atoms with Gasteiger partial charge in [-0.2, -0.15) is 0 Å². The Labute approximate surface area is 88.1 Å². The van der Waals surface area contributed by atoms with Gasteiger partial charge in [-0.15, -0.1) is 12.4 Å². The van der Waals surface area contributed by atoms with Crippen molar-refractivity contribution in [2.75, 3.05) is 6.54 Å². The van der Waals surface area contributed by atoms with Crippen molar-refractivity contribution in [2.45, 2.75) is 45.8 Å². The molecule has 79 valence electrons. The fourth-order valence-electron chi connectivity index (χ4n) is 0.548. The Balaban J connectivity index is 0. The van der Waals surface area contributed by atoms with Gasteiger partial charge in [0.1, 0.15) is 0 Å². The van der Waals surface area contributed by atoms with Gasteiger partial charge in [-0.05, 0) is 34.2 Å². The lowest BCUT2D eigenvalue weighted by Crippen LogP contribution is -2.41. The van der Waals surface area contributed by atoms with Crippen LogP contribution in [0, 0.1) is 0 Å². The van der Waals surface area contributed by atoms with Crippen molar-refractivity contribution in [2.24, 2.45) is 5.73 Å². The van der Waals surface area contributed by atoms with E-state index in [2.05, 4.69) is 0 Å². The van der Waals surface area contributed by atoms with E-state index in [1.54, 1.807) is 0 Å². The van der Waals surface area contributed by atoms with Gasteiger partial charge in [0.15, 0.2) is 0 Å². The lowest BCUT2D eigenvalue weighted by atomic mass is 9.90. The molecule has 0 saturated carbocycles. The van der Waals surface area contributed by atoms with Crippen LogP contribution in [0.3, 0.4) is 0 Å². The van der Waals surface area contributed by atoms with Crippen molar-refractivity contribution in [1.82, 2.24) is 0 Å². The zero-order valence-corrected chi connectivity index (χ0v) is 9.90. The second kappa shape index (κ2) is 5.86. The molecule has 1 saturated heterocycles. The fraction of sp³-hybridized carbons (Fsp3) is 1.00. The van der Waals surface area contributed by atoms with Crippen LogP contribution in [-0.2, 0) is 9.31 Å². The predicted octanol–water partition coefficient (Wildman–Crippen LogP) is 1.51. The molecule has 0 aromatic heterocycles. The summed E-state index contributed by atoms with van der Waals surface area (Å²) in [6.45, 7) is 10.7. The zero-order chi connectivity index (χ0) is 9.83. The van der Waals surface area contributed by atoms with E-state index < -0.39 is 0 Å². The lowest BCUT2D eigenvalue weighted by molar-refractivity contribution is 0.00578. The van der Waals surface area contributed by atoms with E-state index in [0.717, 1.165) is 6.54 Å². The molecule has 1 aliphatic heterocycles. The van der Waals surface area contributed by atoms with Crippen molar-refractivity contribution in [1.29, 1.82) is 0 Å². The maximum atomic E-state index is 5.21. The summed E-state index contributed by atoms with van der Waals surface area (Å²) < 4.78 is 10.4. The molecule has 5 heteroatoms. The first-order chi connectivity index (χ1) is 5.37. The Bertz CT molecular complexity index is 128. The van der Waals surface area contributed by atoms with Crippen LogP contribution in [0.4, 0.5) is 0 Å². The van der Waals surface area contributed by atoms with Crippen molar-refractivity contribution < 1.29 is 9.31 Å². The number of rotatable bonds is 0. The van der Waals surface area contributed by atoms with Gasteiger partial charge < -0.3 is 15.0 Å². The summed E-state index contributed by atoms with van der Waals surface area (Å²) in [5, 5.41) is 0. The minimum atomic E-state index is -0.188. The molecule has 0 spiro atoms. The highest BCUT2D eigenvalue weighted by atomic mass is 35.5. The molecular formula is C8H20BClNO2. The van der Waals surface area contributed by atoms with Gasteiger partial charge in [0.05, 0.1) is 11.2 Å². The summed E-state index contributed by atoms with van der Waals surface area (Å²) in [7, 11) is 1.42. The molecule has 2 N–H and O–H groups in total. The highest BCUT2D eigenvalue weighted by Gasteiger charge is 2.44. The first-order valence-electron chi connectivity index (χ1n) is 4.25. The molecule has 0 aliphatic carbocycles. The van der Waals surface area contributed by atoms with E-state index in [4.69, 9.17) is 15.0 Å². The van der Waals surface area contributed by atoms with Crippen molar-refractivity contribution in [3.8, 4) is 0 Å². The predicted molar refractivity (Wildman–Crippen MR) is 58.1 cm³/mol. The molecule has 0 aromatic rings. The summed E-state index contributed by atoms with van der Waals surface area (Å²) >= 11 is 0. The lowest BCUT2D eigenvalue weighted by Gasteiger charge is -2.32. The van der Waals surface area contributed by atoms with E-state index in [0.29, 0.717) is 0 Å². The van der Waals surface area contributed by atoms with E-state index >= 15 is 0 Å². The van der Waals surface area contributed by atoms with Gasteiger partial charge in [0, 0.05) is 0 Å². The third kappa shape index (κ3) is 4.31. The van der Waals surface area contributed by atoms with Crippen LogP contribution in [-0.4, -0.2) is 25.4 Å². The van der Waals surface area contributed by atoms with Gasteiger partial charge in [-0.1, -0.05) is 6.92 Å². The van der Waals surface area contributed by atoms with E-state index in [1.807, 2.05) is 34.6 Å². The molecule has 0 aromatic carbocycles. The first kappa shape index (κ1) is 15.7. The second-order valence-electron chi connectivity index (χ2n) is 3.76. The molecule has 1 heterocycles. The van der Waals surface area contributed by atoms with Gasteiger partial charge in [0.25, 0.3) is 0 Å². The van der Waals surface area contributed by atoms with Crippen LogP contribution in [0.2, 0.25) is 0 Å². The maximum absolute atomic E-state index is 5.21. The summed E-state index contributed by atoms with van der Waals surface area (Å²) in [5.41, 5.74) is 4.47. The molecule has 0 unspecified atom stereocenters. The van der Waals surface area contributed by atoms with Crippen LogP contribution in [0.1, 0.15) is 34.6 Å². The maximum Gasteiger partial charge on any atom is 0.488 e. The zero-order valence-electron chi connectivity index (χ0n) is 9.09. The Kier molecular flexibility index (Phi) is 7.07. The largest absolute Gasteiger partial charge is 0.488 e. The summed E-state index contributed by atoms with van der Waals surface area (Å²) in [5.74, 6) is 0. The number of nitrogens with two attached hydrogens (primary N) is 1. The highest BCUT2D eigenvalue weighted by Crippen LogP contribution is 2.33. The van der Waals surface area contributed by atoms with Crippen molar-refractivity contribution in [3.63, 3.8) is 0 Å². The summed E-state index contributed by atoms with van der Waals surface area (Å²) in [6.07, 6.45) is 0. The third-order valence-corrected chi connectivity index (χ3v) is 2.14. The van der Waals surface area contributed by atoms with Crippen molar-refractivity contribution in [3.05, 3.63) is 0 Å². The van der Waals surface area contributed by atoms with E-state index in [-0.39, 0.29) is 23.6 Å². The summed E-state index contributed by atoms with van der Waals surface area (Å²) in [4.78, 5) is 0. The normalized spacial score (nSPS) is 22.0. The average Bonchev–Trinajstić information content (AvgIpc) is 2.08. The van der Waals surface area contributed by atoms with Crippen LogP contribution in [0.25, 0.3) is 0 Å². The Morgan fingerprint density at radius 1 is 1.08 bits per heavy atom. The highest BCUT2D eigenvalue weighted by molar-refractivity contribution is 6.19. The molecule has 1 fully saturated rings. The molecule has 1 radical (unpaired) electrons. The minimum absolute atomic E-state index is 0. The van der Waals surface area contributed by atoms with E-state index in [9.17, 15) is 0 Å². The monoisotopic (exact) mass is 208 g/mol. The number of halogens is 1. The molecule has 3 nitrogen and oxygen atoms in total. The van der Waals surface area contributed by atoms with E-state index in [1.165, 1.54) is 7.69 Å². The SMILES string of the molecule is CC1(C)O[B]OC1(C)C.CCN.Cl. The second-order valence-corrected chi connectivity index (χ2v) is 3.76. The molecule has 13 heavy (non-hydrogen) atoms. The van der Waals surface area contributed by atoms with Crippen LogP contribution in [0.5, 0.6) is 0 Å². The standard InChI is InChI=1S/C6H12BO2.C2H7N.ClH/c1-5(2)6(3,4)9-7-8-5;1-2-3;/h1-4H3;2-3H2,1H3;1H. The molecule has 0 amide bonds. The number of hydrogen-bond donors (Lipinski definition) is 1. The van der Waals surface area contributed by atoms with Crippen LogP contribution in [0.15, 0.2) is 0 Å². The third-order valence-electron chi connectivity index (χ3n) is 2.14. The molecule has 1 rings (SSSR count). The number of hydrogen-bond acceptors (Lipinski definition) is 3. The quantitative estimate of drug-likeness (QED) is 0.614. The van der Waals surface area contributed by atoms with Crippen LogP contribution >= 0.6 is 12.4 Å². The van der Waals surface area contributed by atoms with Crippen LogP contribution < -0.4 is 5.73 Å². The Morgan fingerprint density at radius 2 is 1.31 bits per heavy atom. The average molecular weight is 209 g/mol. The molecule has 0 atom stereocenters. The molecule has 0 bridgehead atoms. The Morgan fingerprint density at radius 3 is 1.38 bits per heavy atom. The fourth-order valence-corrected chi connectivity index (χ4v) is 0.548. The summed E-state index contributed by atoms with van der Waals surface area (Å²) in [6, 6.07) is 0. The van der Waals surface area contributed by atoms with Gasteiger partial charge in [-0.25, -0.2) is 0 Å². The van der Waals surface area contributed by atoms with Crippen molar-refractivity contribution >= 4 is 20.1 Å². The first-order valence-corrected chi connectivity index (χ1v) is 4.25. The van der Waals surface area contributed by atoms with Gasteiger partial charge in [0.2, 0.25) is 0 Å². The minimum Gasteiger partial charge on any atom is -0.405 e. The Hall–Kier alpha value is 0.235. The van der Waals surface area contributed by atoms with Gasteiger partial charge >= 0.3 is 7.69 Å². The molecular weight excluding hydrogens is 188 g/mol. The molecule has 1 aliphatic rings.